The molecule has 1 amide bonds. The highest BCUT2D eigenvalue weighted by molar-refractivity contribution is 7.20. The SMILES string of the molecule is O=C(c1cnn(-c2nc3ccccc3s2)c1)N1CCc2c(Cl)cccc2C1. The van der Waals surface area contributed by atoms with E-state index in [1.54, 1.807) is 28.4 Å². The molecule has 5 nitrogen and oxygen atoms in total. The number of carbonyl (C=O) groups excluding carboxylic acids is 1. The van der Waals surface area contributed by atoms with Crippen molar-refractivity contribution in [3.63, 3.8) is 0 Å². The number of carbonyl (C=O) groups is 1. The molecule has 7 heteroatoms. The third-order valence-corrected chi connectivity index (χ3v) is 6.18. The van der Waals surface area contributed by atoms with E-state index in [0.717, 1.165) is 37.9 Å². The first-order valence-electron chi connectivity index (χ1n) is 8.65. The number of rotatable bonds is 2. The number of thiazole rings is 1. The number of halogens is 1. The molecule has 0 N–H and O–H groups in total. The van der Waals surface area contributed by atoms with Gasteiger partial charge in [0.15, 0.2) is 0 Å². The molecule has 5 rings (SSSR count). The van der Waals surface area contributed by atoms with Crippen LogP contribution in [0.2, 0.25) is 5.02 Å². The van der Waals surface area contributed by atoms with Crippen molar-refractivity contribution in [2.45, 2.75) is 13.0 Å². The lowest BCUT2D eigenvalue weighted by molar-refractivity contribution is 0.0734. The largest absolute Gasteiger partial charge is 0.334 e. The van der Waals surface area contributed by atoms with Gasteiger partial charge in [-0.15, -0.1) is 0 Å². The van der Waals surface area contributed by atoms with Gasteiger partial charge in [-0.3, -0.25) is 4.79 Å². The van der Waals surface area contributed by atoms with Gasteiger partial charge in [0.1, 0.15) is 0 Å². The number of benzene rings is 2. The first-order chi connectivity index (χ1) is 13.2. The number of hydrogen-bond donors (Lipinski definition) is 0. The lowest BCUT2D eigenvalue weighted by Crippen LogP contribution is -2.35. The van der Waals surface area contributed by atoms with Crippen molar-refractivity contribution in [3.8, 4) is 5.13 Å². The molecule has 27 heavy (non-hydrogen) atoms. The highest BCUT2D eigenvalue weighted by Crippen LogP contribution is 2.27. The van der Waals surface area contributed by atoms with E-state index >= 15 is 0 Å². The van der Waals surface area contributed by atoms with E-state index in [-0.39, 0.29) is 5.91 Å². The van der Waals surface area contributed by atoms with Crippen molar-refractivity contribution in [1.82, 2.24) is 19.7 Å². The van der Waals surface area contributed by atoms with Crippen LogP contribution in [-0.2, 0) is 13.0 Å². The van der Waals surface area contributed by atoms with Crippen molar-refractivity contribution in [3.05, 3.63) is 76.6 Å². The van der Waals surface area contributed by atoms with E-state index in [2.05, 4.69) is 10.1 Å². The molecule has 0 unspecified atom stereocenters. The smallest absolute Gasteiger partial charge is 0.257 e. The average molecular weight is 395 g/mol. The summed E-state index contributed by atoms with van der Waals surface area (Å²) in [6, 6.07) is 13.8. The Bertz CT molecular complexity index is 1130. The van der Waals surface area contributed by atoms with E-state index in [1.807, 2.05) is 47.4 Å². The second-order valence-electron chi connectivity index (χ2n) is 6.49. The maximum atomic E-state index is 12.9. The fourth-order valence-corrected chi connectivity index (χ4v) is 4.60. The summed E-state index contributed by atoms with van der Waals surface area (Å²) in [5.41, 5.74) is 3.76. The molecular weight excluding hydrogens is 380 g/mol. The molecule has 0 spiro atoms. The number of hydrogen-bond acceptors (Lipinski definition) is 4. The van der Waals surface area contributed by atoms with Crippen molar-refractivity contribution >= 4 is 39.1 Å². The highest BCUT2D eigenvalue weighted by atomic mass is 35.5. The van der Waals surface area contributed by atoms with Crippen molar-refractivity contribution < 1.29 is 4.79 Å². The summed E-state index contributed by atoms with van der Waals surface area (Å²) < 4.78 is 2.77. The molecule has 2 aromatic heterocycles. The van der Waals surface area contributed by atoms with Gasteiger partial charge in [-0.05, 0) is 35.7 Å². The Kier molecular flexibility index (Phi) is 3.95. The van der Waals surface area contributed by atoms with Crippen LogP contribution in [0, 0.1) is 0 Å². The second kappa shape index (κ2) is 6.48. The molecule has 4 aromatic rings. The zero-order valence-electron chi connectivity index (χ0n) is 14.3. The summed E-state index contributed by atoms with van der Waals surface area (Å²) in [6.45, 7) is 1.23. The Labute approximate surface area is 164 Å². The van der Waals surface area contributed by atoms with Gasteiger partial charge in [-0.2, -0.15) is 5.10 Å². The molecule has 1 aliphatic rings. The average Bonchev–Trinajstić information content (AvgIpc) is 3.34. The summed E-state index contributed by atoms with van der Waals surface area (Å²) >= 11 is 7.82. The predicted octanol–water partition coefficient (Wildman–Crippen LogP) is 4.33. The minimum absolute atomic E-state index is 0.0204. The first kappa shape index (κ1) is 16.5. The van der Waals surface area contributed by atoms with Crippen molar-refractivity contribution in [1.29, 1.82) is 0 Å². The standard InChI is InChI=1S/C20H15ClN4OS/c21-16-5-3-4-13-11-24(9-8-15(13)16)19(26)14-10-22-25(12-14)20-23-17-6-1-2-7-18(17)27-20/h1-7,10,12H,8-9,11H2. The second-order valence-corrected chi connectivity index (χ2v) is 7.91. The summed E-state index contributed by atoms with van der Waals surface area (Å²) in [7, 11) is 0. The molecule has 0 aliphatic carbocycles. The summed E-state index contributed by atoms with van der Waals surface area (Å²) in [6.07, 6.45) is 4.14. The number of nitrogens with zero attached hydrogens (tertiary/aromatic N) is 4. The molecule has 0 bridgehead atoms. The van der Waals surface area contributed by atoms with Gasteiger partial charge in [0.05, 0.1) is 22.0 Å². The van der Waals surface area contributed by atoms with Crippen molar-refractivity contribution in [2.75, 3.05) is 6.54 Å². The fraction of sp³-hybridized carbons (Fsp3) is 0.150. The van der Waals surface area contributed by atoms with Gasteiger partial charge in [0.2, 0.25) is 5.13 Å². The highest BCUT2D eigenvalue weighted by Gasteiger charge is 2.24. The third kappa shape index (κ3) is 2.91. The van der Waals surface area contributed by atoms with Gasteiger partial charge in [0.25, 0.3) is 5.91 Å². The maximum absolute atomic E-state index is 12.9. The van der Waals surface area contributed by atoms with Gasteiger partial charge >= 0.3 is 0 Å². The minimum Gasteiger partial charge on any atom is -0.334 e. The summed E-state index contributed by atoms with van der Waals surface area (Å²) in [5, 5.41) is 5.89. The third-order valence-electron chi connectivity index (χ3n) is 4.80. The van der Waals surface area contributed by atoms with Gasteiger partial charge < -0.3 is 4.90 Å². The number of fused-ring (bicyclic) bond motifs is 2. The van der Waals surface area contributed by atoms with E-state index in [9.17, 15) is 4.79 Å². The topological polar surface area (TPSA) is 51.0 Å². The van der Waals surface area contributed by atoms with Crippen LogP contribution in [0.25, 0.3) is 15.3 Å². The number of para-hydroxylation sites is 1. The zero-order valence-corrected chi connectivity index (χ0v) is 15.9. The monoisotopic (exact) mass is 394 g/mol. The molecule has 0 fully saturated rings. The Balaban J connectivity index is 1.40. The van der Waals surface area contributed by atoms with Crippen LogP contribution >= 0.6 is 22.9 Å². The Morgan fingerprint density at radius 2 is 2.04 bits per heavy atom. The van der Waals surface area contributed by atoms with Crippen molar-refractivity contribution in [2.24, 2.45) is 0 Å². The lowest BCUT2D eigenvalue weighted by atomic mass is 9.99. The van der Waals surface area contributed by atoms with Crippen LogP contribution in [0.1, 0.15) is 21.5 Å². The van der Waals surface area contributed by atoms with Crippen LogP contribution in [-0.4, -0.2) is 32.1 Å². The van der Waals surface area contributed by atoms with Crippen LogP contribution in [0.5, 0.6) is 0 Å². The quantitative estimate of drug-likeness (QED) is 0.508. The Morgan fingerprint density at radius 3 is 2.93 bits per heavy atom. The predicted molar refractivity (Wildman–Crippen MR) is 107 cm³/mol. The molecule has 2 aromatic carbocycles. The molecule has 0 atom stereocenters. The number of aromatic nitrogens is 3. The van der Waals surface area contributed by atoms with Gasteiger partial charge in [0, 0.05) is 24.3 Å². The molecule has 1 aliphatic heterocycles. The molecule has 0 saturated carbocycles. The van der Waals surface area contributed by atoms with E-state index in [0.29, 0.717) is 18.7 Å². The first-order valence-corrected chi connectivity index (χ1v) is 9.84. The number of amides is 1. The maximum Gasteiger partial charge on any atom is 0.257 e. The summed E-state index contributed by atoms with van der Waals surface area (Å²) in [4.78, 5) is 19.4. The zero-order chi connectivity index (χ0) is 18.4. The summed E-state index contributed by atoms with van der Waals surface area (Å²) in [5.74, 6) is -0.0204. The molecular formula is C20H15ClN4OS. The van der Waals surface area contributed by atoms with E-state index in [4.69, 9.17) is 11.6 Å². The van der Waals surface area contributed by atoms with E-state index < -0.39 is 0 Å². The molecule has 3 heterocycles. The Hall–Kier alpha value is -2.70. The normalized spacial score (nSPS) is 13.7. The van der Waals surface area contributed by atoms with Crippen LogP contribution in [0.15, 0.2) is 54.9 Å². The molecule has 0 saturated heterocycles. The Morgan fingerprint density at radius 1 is 1.15 bits per heavy atom. The van der Waals surface area contributed by atoms with Crippen LogP contribution in [0.3, 0.4) is 0 Å². The van der Waals surface area contributed by atoms with Gasteiger partial charge in [-0.1, -0.05) is 47.2 Å². The van der Waals surface area contributed by atoms with E-state index in [1.165, 1.54) is 0 Å². The fourth-order valence-electron chi connectivity index (χ4n) is 3.41. The lowest BCUT2D eigenvalue weighted by Gasteiger charge is -2.29. The van der Waals surface area contributed by atoms with Crippen LogP contribution < -0.4 is 0 Å². The van der Waals surface area contributed by atoms with Gasteiger partial charge in [-0.25, -0.2) is 9.67 Å². The molecule has 134 valence electrons. The van der Waals surface area contributed by atoms with Crippen LogP contribution in [0.4, 0.5) is 0 Å². The minimum atomic E-state index is -0.0204. The molecule has 0 radical (unpaired) electrons.